The van der Waals surface area contributed by atoms with Crippen molar-refractivity contribution in [3.8, 4) is 5.75 Å². The lowest BCUT2D eigenvalue weighted by Gasteiger charge is -2.03. The highest BCUT2D eigenvalue weighted by molar-refractivity contribution is 5.51. The monoisotopic (exact) mass is 180 g/mol. The Hall–Kier alpha value is -1.35. The van der Waals surface area contributed by atoms with Gasteiger partial charge < -0.3 is 9.84 Å². The Morgan fingerprint density at radius 2 is 2.31 bits per heavy atom. The summed E-state index contributed by atoms with van der Waals surface area (Å²) in [4.78, 5) is 10.0. The highest BCUT2D eigenvalue weighted by Crippen LogP contribution is 2.13. The summed E-state index contributed by atoms with van der Waals surface area (Å²) in [6, 6.07) is 7.35. The molecule has 0 aliphatic heterocycles. The van der Waals surface area contributed by atoms with E-state index in [1.807, 2.05) is 18.2 Å². The number of aldehydes is 1. The van der Waals surface area contributed by atoms with Crippen LogP contribution >= 0.6 is 0 Å². The molecule has 0 spiro atoms. The van der Waals surface area contributed by atoms with E-state index < -0.39 is 0 Å². The molecule has 0 aromatic heterocycles. The lowest BCUT2D eigenvalue weighted by molar-refractivity contribution is -0.109. The first-order valence-electron chi connectivity index (χ1n) is 4.13. The van der Waals surface area contributed by atoms with Crippen molar-refractivity contribution in [3.05, 3.63) is 29.8 Å². The Morgan fingerprint density at radius 1 is 1.46 bits per heavy atom. The Bertz CT molecular complexity index is 271. The van der Waals surface area contributed by atoms with Crippen LogP contribution in [0.5, 0.6) is 5.75 Å². The van der Waals surface area contributed by atoms with E-state index in [0.717, 1.165) is 5.56 Å². The second kappa shape index (κ2) is 5.32. The van der Waals surface area contributed by atoms with Crippen LogP contribution in [-0.4, -0.2) is 24.6 Å². The van der Waals surface area contributed by atoms with Crippen molar-refractivity contribution in [2.24, 2.45) is 0 Å². The molecule has 1 N–H and O–H groups in total. The molecule has 0 amide bonds. The van der Waals surface area contributed by atoms with Gasteiger partial charge in [-0.3, -0.25) is 4.79 Å². The fourth-order valence-electron chi connectivity index (χ4n) is 1.05. The van der Waals surface area contributed by atoms with Gasteiger partial charge in [0.1, 0.15) is 12.4 Å². The maximum Gasteiger partial charge on any atom is 0.157 e. The molecule has 1 aromatic carbocycles. The normalized spacial score (nSPS) is 9.62. The summed E-state index contributed by atoms with van der Waals surface area (Å²) in [7, 11) is 0. The fourth-order valence-corrected chi connectivity index (χ4v) is 1.05. The number of aliphatic hydroxyl groups excluding tert-OH is 1. The van der Waals surface area contributed by atoms with Gasteiger partial charge in [-0.05, 0) is 24.1 Å². The molecule has 0 saturated carbocycles. The average molecular weight is 180 g/mol. The van der Waals surface area contributed by atoms with Crippen LogP contribution in [0, 0.1) is 0 Å². The Kier molecular flexibility index (Phi) is 3.99. The van der Waals surface area contributed by atoms with Crippen molar-refractivity contribution in [3.63, 3.8) is 0 Å². The summed E-state index contributed by atoms with van der Waals surface area (Å²) < 4.78 is 5.09. The van der Waals surface area contributed by atoms with E-state index in [1.165, 1.54) is 0 Å². The van der Waals surface area contributed by atoms with E-state index in [9.17, 15) is 4.79 Å². The molecule has 1 rings (SSSR count). The molecule has 0 atom stereocenters. The summed E-state index contributed by atoms with van der Waals surface area (Å²) in [6.07, 6.45) is 1.32. The summed E-state index contributed by atoms with van der Waals surface area (Å²) in [5.41, 5.74) is 1.01. The van der Waals surface area contributed by atoms with Gasteiger partial charge in [0.05, 0.1) is 0 Å². The summed E-state index contributed by atoms with van der Waals surface area (Å²) in [5.74, 6) is 0.665. The minimum atomic E-state index is 0.0720. The first-order chi connectivity index (χ1) is 6.36. The molecule has 70 valence electrons. The molecule has 0 aliphatic carbocycles. The van der Waals surface area contributed by atoms with Crippen molar-refractivity contribution >= 4 is 6.29 Å². The van der Waals surface area contributed by atoms with Gasteiger partial charge in [0.15, 0.2) is 6.29 Å². The van der Waals surface area contributed by atoms with Crippen molar-refractivity contribution in [2.45, 2.75) is 6.42 Å². The number of carbonyl (C=O) groups excluding carboxylic acids is 1. The van der Waals surface area contributed by atoms with Crippen LogP contribution in [0.4, 0.5) is 0 Å². The molecule has 0 fully saturated rings. The smallest absolute Gasteiger partial charge is 0.157 e. The van der Waals surface area contributed by atoms with E-state index >= 15 is 0 Å². The molecule has 0 unspecified atom stereocenters. The molecular formula is C10H12O3. The van der Waals surface area contributed by atoms with Crippen LogP contribution in [0.3, 0.4) is 0 Å². The highest BCUT2D eigenvalue weighted by Gasteiger charge is 1.95. The minimum Gasteiger partial charge on any atom is -0.486 e. The lowest BCUT2D eigenvalue weighted by atomic mass is 10.1. The molecular weight excluding hydrogens is 168 g/mol. The summed E-state index contributed by atoms with van der Waals surface area (Å²) >= 11 is 0. The third-order valence-corrected chi connectivity index (χ3v) is 1.62. The van der Waals surface area contributed by atoms with Crippen molar-refractivity contribution < 1.29 is 14.6 Å². The number of ether oxygens (including phenoxy) is 1. The number of aliphatic hydroxyl groups is 1. The van der Waals surface area contributed by atoms with Gasteiger partial charge in [0, 0.05) is 6.61 Å². The zero-order valence-corrected chi connectivity index (χ0v) is 7.27. The van der Waals surface area contributed by atoms with Crippen molar-refractivity contribution in [1.82, 2.24) is 0 Å². The van der Waals surface area contributed by atoms with Crippen LogP contribution < -0.4 is 4.74 Å². The van der Waals surface area contributed by atoms with Gasteiger partial charge >= 0.3 is 0 Å². The molecule has 0 saturated heterocycles. The van der Waals surface area contributed by atoms with E-state index in [4.69, 9.17) is 9.84 Å². The molecule has 13 heavy (non-hydrogen) atoms. The third-order valence-electron chi connectivity index (χ3n) is 1.62. The SMILES string of the molecule is O=CCOc1cccc(CCO)c1. The topological polar surface area (TPSA) is 46.5 Å². The Morgan fingerprint density at radius 3 is 3.00 bits per heavy atom. The number of hydrogen-bond donors (Lipinski definition) is 1. The minimum absolute atomic E-state index is 0.0720. The maximum absolute atomic E-state index is 10.0. The lowest BCUT2D eigenvalue weighted by Crippen LogP contribution is -1.98. The van der Waals surface area contributed by atoms with E-state index in [2.05, 4.69) is 0 Å². The Labute approximate surface area is 77.0 Å². The molecule has 1 aromatic rings. The summed E-state index contributed by atoms with van der Waals surface area (Å²) in [5, 5.41) is 8.69. The van der Waals surface area contributed by atoms with Crippen LogP contribution in [0.1, 0.15) is 5.56 Å². The molecule has 0 heterocycles. The van der Waals surface area contributed by atoms with Gasteiger partial charge in [-0.2, -0.15) is 0 Å². The quantitative estimate of drug-likeness (QED) is 0.682. The highest BCUT2D eigenvalue weighted by atomic mass is 16.5. The van der Waals surface area contributed by atoms with Gasteiger partial charge in [-0.25, -0.2) is 0 Å². The predicted octanol–water partition coefficient (Wildman–Crippen LogP) is 0.799. The van der Waals surface area contributed by atoms with E-state index in [0.29, 0.717) is 18.5 Å². The van der Waals surface area contributed by atoms with E-state index in [1.54, 1.807) is 6.07 Å². The van der Waals surface area contributed by atoms with Crippen molar-refractivity contribution in [2.75, 3.05) is 13.2 Å². The maximum atomic E-state index is 10.0. The molecule has 3 nitrogen and oxygen atoms in total. The van der Waals surface area contributed by atoms with Gasteiger partial charge in [-0.1, -0.05) is 12.1 Å². The standard InChI is InChI=1S/C10H12O3/c11-5-4-9-2-1-3-10(8-9)13-7-6-12/h1-3,6,8,11H,4-5,7H2. The van der Waals surface area contributed by atoms with Gasteiger partial charge in [0.2, 0.25) is 0 Å². The van der Waals surface area contributed by atoms with E-state index in [-0.39, 0.29) is 13.2 Å². The van der Waals surface area contributed by atoms with Crippen LogP contribution in [0.2, 0.25) is 0 Å². The third kappa shape index (κ3) is 3.25. The molecule has 3 heteroatoms. The first kappa shape index (κ1) is 9.74. The number of benzene rings is 1. The second-order valence-electron chi connectivity index (χ2n) is 2.60. The molecule has 0 aliphatic rings. The van der Waals surface area contributed by atoms with Gasteiger partial charge in [-0.15, -0.1) is 0 Å². The van der Waals surface area contributed by atoms with Gasteiger partial charge in [0.25, 0.3) is 0 Å². The van der Waals surface area contributed by atoms with Crippen LogP contribution in [0.15, 0.2) is 24.3 Å². The first-order valence-corrected chi connectivity index (χ1v) is 4.13. The number of rotatable bonds is 5. The summed E-state index contributed by atoms with van der Waals surface area (Å²) in [6.45, 7) is 0.194. The second-order valence-corrected chi connectivity index (χ2v) is 2.60. The number of carbonyl (C=O) groups is 1. The Balaban J connectivity index is 2.61. The average Bonchev–Trinajstić information content (AvgIpc) is 2.16. The van der Waals surface area contributed by atoms with Crippen LogP contribution in [0.25, 0.3) is 0 Å². The fraction of sp³-hybridized carbons (Fsp3) is 0.300. The molecule has 0 bridgehead atoms. The van der Waals surface area contributed by atoms with Crippen molar-refractivity contribution in [1.29, 1.82) is 0 Å². The zero-order valence-electron chi connectivity index (χ0n) is 7.27. The predicted molar refractivity (Wildman–Crippen MR) is 48.8 cm³/mol. The largest absolute Gasteiger partial charge is 0.486 e. The van der Waals surface area contributed by atoms with Crippen LogP contribution in [-0.2, 0) is 11.2 Å². The zero-order chi connectivity index (χ0) is 9.52. The number of hydrogen-bond acceptors (Lipinski definition) is 3. The molecule has 0 radical (unpaired) electrons.